The molecule has 2 unspecified atom stereocenters. The minimum absolute atomic E-state index is 0.0239. The van der Waals surface area contributed by atoms with Crippen LogP contribution in [0, 0.1) is 0 Å². The van der Waals surface area contributed by atoms with E-state index in [9.17, 15) is 0 Å². The van der Waals surface area contributed by atoms with E-state index in [1.54, 1.807) is 0 Å². The van der Waals surface area contributed by atoms with Crippen LogP contribution in [0.2, 0.25) is 0 Å². The fourth-order valence-corrected chi connectivity index (χ4v) is 0.974. The fraction of sp³-hybridized carbons (Fsp3) is 0.667. The molecule has 1 heterocycles. The Hall–Kier alpha value is -1.43. The van der Waals surface area contributed by atoms with Crippen LogP contribution in [0.25, 0.3) is 0 Å². The zero-order valence-corrected chi connectivity index (χ0v) is 9.39. The molecule has 2 N–H and O–H groups in total. The summed E-state index contributed by atoms with van der Waals surface area (Å²) < 4.78 is 9.89. The number of nitrogens with zero attached hydrogens (tertiary/aromatic N) is 3. The minimum Gasteiger partial charge on any atom is -0.467 e. The molecule has 0 aliphatic heterocycles. The predicted molar refractivity (Wildman–Crippen MR) is 55.0 cm³/mol. The van der Waals surface area contributed by atoms with Crippen molar-refractivity contribution >= 4 is 0 Å². The Bertz CT molecular complexity index is 308. The summed E-state index contributed by atoms with van der Waals surface area (Å²) in [7, 11) is 2.99. The Balaban J connectivity index is 3.06. The summed E-state index contributed by atoms with van der Waals surface area (Å²) in [6.45, 7) is 3.84. The molecule has 0 saturated heterocycles. The number of rotatable bonds is 4. The molecule has 15 heavy (non-hydrogen) atoms. The first kappa shape index (κ1) is 11.6. The van der Waals surface area contributed by atoms with Crippen molar-refractivity contribution in [3.05, 3.63) is 5.82 Å². The number of hydrogen-bond donors (Lipinski definition) is 1. The molecule has 6 nitrogen and oxygen atoms in total. The van der Waals surface area contributed by atoms with Crippen molar-refractivity contribution in [3.63, 3.8) is 0 Å². The van der Waals surface area contributed by atoms with Gasteiger partial charge in [0.1, 0.15) is 5.82 Å². The molecule has 0 bridgehead atoms. The minimum atomic E-state index is -0.0400. The molecule has 0 spiro atoms. The van der Waals surface area contributed by atoms with Crippen LogP contribution in [0.4, 0.5) is 0 Å². The van der Waals surface area contributed by atoms with Gasteiger partial charge in [0, 0.05) is 12.0 Å². The summed E-state index contributed by atoms with van der Waals surface area (Å²) in [6, 6.07) is 0.440. The second-order valence-electron chi connectivity index (χ2n) is 3.31. The smallest absolute Gasteiger partial charge is 0.322 e. The highest BCUT2D eigenvalue weighted by atomic mass is 16.5. The Morgan fingerprint density at radius 3 is 1.80 bits per heavy atom. The Morgan fingerprint density at radius 1 is 1.00 bits per heavy atom. The Labute approximate surface area is 88.8 Å². The topological polar surface area (TPSA) is 83.2 Å². The van der Waals surface area contributed by atoms with Gasteiger partial charge in [-0.05, 0) is 6.92 Å². The van der Waals surface area contributed by atoms with E-state index < -0.39 is 0 Å². The van der Waals surface area contributed by atoms with Gasteiger partial charge in [-0.2, -0.15) is 9.97 Å². The van der Waals surface area contributed by atoms with Crippen molar-refractivity contribution in [1.82, 2.24) is 15.0 Å². The molecule has 0 amide bonds. The van der Waals surface area contributed by atoms with Crippen LogP contribution in [0.1, 0.15) is 25.6 Å². The van der Waals surface area contributed by atoms with Crippen LogP contribution in [-0.2, 0) is 0 Å². The average molecular weight is 212 g/mol. The first-order valence-corrected chi connectivity index (χ1v) is 4.68. The van der Waals surface area contributed by atoms with Crippen LogP contribution in [-0.4, -0.2) is 35.2 Å². The lowest BCUT2D eigenvalue weighted by Crippen LogP contribution is -2.24. The van der Waals surface area contributed by atoms with E-state index in [4.69, 9.17) is 15.2 Å². The molecular weight excluding hydrogens is 196 g/mol. The van der Waals surface area contributed by atoms with Gasteiger partial charge in [-0.1, -0.05) is 6.92 Å². The maximum atomic E-state index is 5.77. The zero-order chi connectivity index (χ0) is 11.4. The SMILES string of the molecule is COc1nc(OC)nc(C(C)C(C)N)n1. The lowest BCUT2D eigenvalue weighted by Gasteiger charge is -2.14. The number of nitrogens with two attached hydrogens (primary N) is 1. The van der Waals surface area contributed by atoms with Gasteiger partial charge in [0.25, 0.3) is 0 Å². The quantitative estimate of drug-likeness (QED) is 0.774. The highest BCUT2D eigenvalue weighted by molar-refractivity contribution is 5.09. The molecule has 0 saturated carbocycles. The third-order valence-electron chi connectivity index (χ3n) is 2.17. The van der Waals surface area contributed by atoms with E-state index in [-0.39, 0.29) is 24.0 Å². The third-order valence-corrected chi connectivity index (χ3v) is 2.17. The summed E-state index contributed by atoms with van der Waals surface area (Å²) >= 11 is 0. The van der Waals surface area contributed by atoms with Crippen molar-refractivity contribution in [1.29, 1.82) is 0 Å². The fourth-order valence-electron chi connectivity index (χ4n) is 0.974. The molecule has 1 rings (SSSR count). The molecule has 0 aliphatic carbocycles. The lowest BCUT2D eigenvalue weighted by molar-refractivity contribution is 0.333. The number of methoxy groups -OCH3 is 2. The van der Waals surface area contributed by atoms with Gasteiger partial charge in [0.15, 0.2) is 0 Å². The Kier molecular flexibility index (Phi) is 3.79. The summed E-state index contributed by atoms with van der Waals surface area (Å²) in [5.41, 5.74) is 5.77. The summed E-state index contributed by atoms with van der Waals surface area (Å²) in [6.07, 6.45) is 0. The van der Waals surface area contributed by atoms with Gasteiger partial charge in [-0.3, -0.25) is 0 Å². The molecule has 0 fully saturated rings. The van der Waals surface area contributed by atoms with E-state index in [0.717, 1.165) is 0 Å². The second-order valence-corrected chi connectivity index (χ2v) is 3.31. The highest BCUT2D eigenvalue weighted by Gasteiger charge is 2.16. The van der Waals surface area contributed by atoms with E-state index in [1.807, 2.05) is 13.8 Å². The van der Waals surface area contributed by atoms with Crippen LogP contribution in [0.5, 0.6) is 12.0 Å². The number of aromatic nitrogens is 3. The van der Waals surface area contributed by atoms with Crippen molar-refractivity contribution in [2.45, 2.75) is 25.8 Å². The normalized spacial score (nSPS) is 14.5. The van der Waals surface area contributed by atoms with E-state index >= 15 is 0 Å². The molecule has 2 atom stereocenters. The van der Waals surface area contributed by atoms with Crippen molar-refractivity contribution in [3.8, 4) is 12.0 Å². The first-order valence-electron chi connectivity index (χ1n) is 4.68. The average Bonchev–Trinajstić information content (AvgIpc) is 2.27. The summed E-state index contributed by atoms with van der Waals surface area (Å²) in [4.78, 5) is 12.1. The largest absolute Gasteiger partial charge is 0.467 e. The maximum Gasteiger partial charge on any atom is 0.322 e. The molecule has 84 valence electrons. The number of ether oxygens (including phenoxy) is 2. The van der Waals surface area contributed by atoms with Crippen molar-refractivity contribution < 1.29 is 9.47 Å². The highest BCUT2D eigenvalue weighted by Crippen LogP contribution is 2.18. The standard InChI is InChI=1S/C9H16N4O2/c1-5(6(2)10)7-11-8(14-3)13-9(12-7)15-4/h5-6H,10H2,1-4H3. The molecule has 0 radical (unpaired) electrons. The van der Waals surface area contributed by atoms with Gasteiger partial charge < -0.3 is 15.2 Å². The van der Waals surface area contributed by atoms with E-state index in [0.29, 0.717) is 5.82 Å². The summed E-state index contributed by atoms with van der Waals surface area (Å²) in [5, 5.41) is 0. The first-order chi connectivity index (χ1) is 7.08. The molecule has 0 aromatic carbocycles. The van der Waals surface area contributed by atoms with E-state index in [2.05, 4.69) is 15.0 Å². The second kappa shape index (κ2) is 4.88. The molecular formula is C9H16N4O2. The van der Waals surface area contributed by atoms with Crippen molar-refractivity contribution in [2.75, 3.05) is 14.2 Å². The van der Waals surface area contributed by atoms with Gasteiger partial charge in [0.2, 0.25) is 0 Å². The Morgan fingerprint density at radius 2 is 1.47 bits per heavy atom. The summed E-state index contributed by atoms with van der Waals surface area (Å²) in [5.74, 6) is 0.601. The van der Waals surface area contributed by atoms with Gasteiger partial charge >= 0.3 is 12.0 Å². The van der Waals surface area contributed by atoms with Crippen LogP contribution < -0.4 is 15.2 Å². The molecule has 1 aromatic rings. The van der Waals surface area contributed by atoms with Gasteiger partial charge in [-0.15, -0.1) is 4.98 Å². The number of hydrogen-bond acceptors (Lipinski definition) is 6. The predicted octanol–water partition coefficient (Wildman–Crippen LogP) is 0.339. The lowest BCUT2D eigenvalue weighted by atomic mass is 10.0. The monoisotopic (exact) mass is 212 g/mol. The van der Waals surface area contributed by atoms with Crippen molar-refractivity contribution in [2.24, 2.45) is 5.73 Å². The molecule has 0 aliphatic rings. The zero-order valence-electron chi connectivity index (χ0n) is 9.39. The van der Waals surface area contributed by atoms with Crippen LogP contribution in [0.3, 0.4) is 0 Å². The van der Waals surface area contributed by atoms with Crippen LogP contribution in [0.15, 0.2) is 0 Å². The molecule has 1 aromatic heterocycles. The van der Waals surface area contributed by atoms with E-state index in [1.165, 1.54) is 14.2 Å². The van der Waals surface area contributed by atoms with Crippen LogP contribution >= 0.6 is 0 Å². The van der Waals surface area contributed by atoms with Gasteiger partial charge in [-0.25, -0.2) is 0 Å². The maximum absolute atomic E-state index is 5.77. The van der Waals surface area contributed by atoms with Gasteiger partial charge in [0.05, 0.1) is 14.2 Å². The molecule has 6 heteroatoms. The third kappa shape index (κ3) is 2.76.